The Hall–Kier alpha value is 0.800. The number of nitriles is 1. The van der Waals surface area contributed by atoms with Crippen LogP contribution in [0.3, 0.4) is 0 Å². The second-order valence-corrected chi connectivity index (χ2v) is 0.524. The molecule has 0 aliphatic rings. The van der Waals surface area contributed by atoms with Gasteiger partial charge >= 0.3 is 29.6 Å². The molecule has 0 aromatic carbocycles. The van der Waals surface area contributed by atoms with Crippen LogP contribution in [-0.4, -0.2) is 4.55 Å². The van der Waals surface area contributed by atoms with Crippen LogP contribution in [0.1, 0.15) is 0 Å². The Morgan fingerprint density at radius 2 is 2.00 bits per heavy atom. The molecule has 0 aliphatic carbocycles. The summed E-state index contributed by atoms with van der Waals surface area (Å²) in [4.78, 5) is 0. The molecule has 5 heavy (non-hydrogen) atoms. The van der Waals surface area contributed by atoms with Gasteiger partial charge in [0.05, 0.1) is 0 Å². The van der Waals surface area contributed by atoms with E-state index in [0.29, 0.717) is 0 Å². The number of thiocyanates is 1. The minimum atomic E-state index is -0.0880. The van der Waals surface area contributed by atoms with Crippen LogP contribution in [0.15, 0.2) is 0 Å². The van der Waals surface area contributed by atoms with Gasteiger partial charge in [-0.1, -0.05) is 0 Å². The zero-order chi connectivity index (χ0) is 3.41. The summed E-state index contributed by atoms with van der Waals surface area (Å²) in [5.74, 6) is 0. The van der Waals surface area contributed by atoms with Gasteiger partial charge in [-0.25, -0.2) is 0 Å². The standard InChI is InChI=1S/CHNOS.Na/c2-1-4-3;/h3H;/q;+1/p-1. The topological polar surface area (TPSA) is 46.8 Å². The van der Waals surface area contributed by atoms with Gasteiger partial charge in [0, 0.05) is 0 Å². The maximum Gasteiger partial charge on any atom is 1.00 e. The first-order chi connectivity index (χ1) is 1.91. The molecule has 0 bridgehead atoms. The van der Waals surface area contributed by atoms with Gasteiger partial charge in [-0.2, -0.15) is 5.26 Å². The van der Waals surface area contributed by atoms with Crippen LogP contribution in [-0.2, 0) is 0 Å². The van der Waals surface area contributed by atoms with Crippen LogP contribution in [0.2, 0.25) is 0 Å². The SMILES string of the molecule is N#CS[O-].[Na+]. The zero-order valence-electron chi connectivity index (χ0n) is 2.76. The summed E-state index contributed by atoms with van der Waals surface area (Å²) in [6.45, 7) is 0. The Balaban J connectivity index is 0. The molecule has 0 N–H and O–H groups in total. The van der Waals surface area contributed by atoms with Crippen LogP contribution in [0.4, 0.5) is 0 Å². The Morgan fingerprint density at radius 1 is 1.80 bits per heavy atom. The zero-order valence-corrected chi connectivity index (χ0v) is 5.58. The van der Waals surface area contributed by atoms with Crippen LogP contribution < -0.4 is 29.6 Å². The molecule has 22 valence electrons. The number of hydrogen-bond donors (Lipinski definition) is 0. The predicted molar refractivity (Wildman–Crippen MR) is 14.0 cm³/mol. The van der Waals surface area contributed by atoms with Gasteiger partial charge in [0.1, 0.15) is 5.40 Å². The minimum Gasteiger partial charge on any atom is -0.787 e. The summed E-state index contributed by atoms with van der Waals surface area (Å²) in [6, 6.07) is 0. The Bertz CT molecular complexity index is 41.4. The quantitative estimate of drug-likeness (QED) is 0.188. The number of rotatable bonds is 0. The van der Waals surface area contributed by atoms with Crippen molar-refractivity contribution in [1.82, 2.24) is 0 Å². The van der Waals surface area contributed by atoms with Crippen LogP contribution in [0.5, 0.6) is 0 Å². The third kappa shape index (κ3) is 11.6. The molecule has 0 heterocycles. The Kier molecular flexibility index (Phi) is 16.4. The molecule has 0 aromatic rings. The van der Waals surface area contributed by atoms with Crippen molar-refractivity contribution in [2.24, 2.45) is 0 Å². The van der Waals surface area contributed by atoms with E-state index in [1.807, 2.05) is 0 Å². The van der Waals surface area contributed by atoms with E-state index in [2.05, 4.69) is 0 Å². The number of nitrogens with zero attached hydrogens (tertiary/aromatic N) is 1. The second kappa shape index (κ2) is 8.84. The molecule has 2 nitrogen and oxygen atoms in total. The van der Waals surface area contributed by atoms with Crippen molar-refractivity contribution in [3.05, 3.63) is 0 Å². The van der Waals surface area contributed by atoms with Gasteiger partial charge in [0.2, 0.25) is 0 Å². The molecule has 0 unspecified atom stereocenters. The molecule has 4 heteroatoms. The molecule has 0 amide bonds. The molecule has 0 fully saturated rings. The summed E-state index contributed by atoms with van der Waals surface area (Å²) < 4.78 is 8.85. The first-order valence-corrected chi connectivity index (χ1v) is 1.34. The summed E-state index contributed by atoms with van der Waals surface area (Å²) in [5.41, 5.74) is 0. The molecule has 0 spiro atoms. The smallest absolute Gasteiger partial charge is 0.787 e. The van der Waals surface area contributed by atoms with E-state index >= 15 is 0 Å². The van der Waals surface area contributed by atoms with Crippen molar-refractivity contribution in [1.29, 1.82) is 5.26 Å². The predicted octanol–water partition coefficient (Wildman–Crippen LogP) is -2.66. The molecular weight excluding hydrogens is 97.1 g/mol. The van der Waals surface area contributed by atoms with E-state index in [0.717, 1.165) is 0 Å². The molecule has 0 aromatic heterocycles. The van der Waals surface area contributed by atoms with E-state index < -0.39 is 0 Å². The maximum atomic E-state index is 8.85. The minimum absolute atomic E-state index is 0. The largest absolute Gasteiger partial charge is 1.00 e. The van der Waals surface area contributed by atoms with Gasteiger partial charge < -0.3 is 4.55 Å². The third-order valence-corrected chi connectivity index (χ3v) is 0.112. The monoisotopic (exact) mass is 97.0 g/mol. The fourth-order valence-corrected chi connectivity index (χ4v) is 0. The summed E-state index contributed by atoms with van der Waals surface area (Å²) in [7, 11) is 0. The van der Waals surface area contributed by atoms with Gasteiger partial charge in [0.25, 0.3) is 0 Å². The molecule has 0 rings (SSSR count). The maximum absolute atomic E-state index is 8.85. The van der Waals surface area contributed by atoms with Crippen LogP contribution in [0, 0.1) is 10.7 Å². The third-order valence-electron chi connectivity index (χ3n) is 0.0373. The van der Waals surface area contributed by atoms with Crippen molar-refractivity contribution in [2.75, 3.05) is 0 Å². The van der Waals surface area contributed by atoms with Gasteiger partial charge in [0.15, 0.2) is 0 Å². The van der Waals surface area contributed by atoms with E-state index in [4.69, 9.17) is 9.81 Å². The number of hydrogen-bond acceptors (Lipinski definition) is 3. The van der Waals surface area contributed by atoms with E-state index in [9.17, 15) is 0 Å². The first-order valence-electron chi connectivity index (χ1n) is 0.594. The second-order valence-electron chi connectivity index (χ2n) is 0.175. The van der Waals surface area contributed by atoms with Crippen molar-refractivity contribution in [3.63, 3.8) is 0 Å². The van der Waals surface area contributed by atoms with Gasteiger partial charge in [-0.3, -0.25) is 0 Å². The van der Waals surface area contributed by atoms with Crippen molar-refractivity contribution in [3.8, 4) is 5.40 Å². The van der Waals surface area contributed by atoms with Gasteiger partial charge in [-0.05, 0) is 0 Å². The Labute approximate surface area is 56.7 Å². The molecule has 0 saturated heterocycles. The molecular formula is CNNaOS. The van der Waals surface area contributed by atoms with E-state index in [1.54, 1.807) is 0 Å². The normalized spacial score (nSPS) is 4.00. The fourth-order valence-electron chi connectivity index (χ4n) is 0. The molecule has 0 saturated carbocycles. The van der Waals surface area contributed by atoms with Crippen molar-refractivity contribution in [2.45, 2.75) is 0 Å². The average molecular weight is 97.1 g/mol. The Morgan fingerprint density at radius 3 is 2.00 bits per heavy atom. The average Bonchev–Trinajstić information content (AvgIpc) is 1.37. The summed E-state index contributed by atoms with van der Waals surface area (Å²) in [5, 5.41) is 8.57. The van der Waals surface area contributed by atoms with Crippen molar-refractivity contribution >= 4 is 12.0 Å². The fraction of sp³-hybridized carbons (Fsp3) is 0. The van der Waals surface area contributed by atoms with Crippen molar-refractivity contribution < 1.29 is 34.1 Å². The van der Waals surface area contributed by atoms with Gasteiger partial charge in [-0.15, -0.1) is 12.0 Å². The van der Waals surface area contributed by atoms with Crippen LogP contribution >= 0.6 is 12.0 Å². The van der Waals surface area contributed by atoms with Crippen LogP contribution in [0.25, 0.3) is 0 Å². The first kappa shape index (κ1) is 9.25. The molecule has 0 aliphatic heterocycles. The molecule has 0 atom stereocenters. The summed E-state index contributed by atoms with van der Waals surface area (Å²) in [6.07, 6.45) is 0. The molecule has 0 radical (unpaired) electrons. The van der Waals surface area contributed by atoms with E-state index in [1.165, 1.54) is 5.40 Å². The van der Waals surface area contributed by atoms with E-state index in [-0.39, 0.29) is 41.6 Å². The summed E-state index contributed by atoms with van der Waals surface area (Å²) >= 11 is -0.0880.